The maximum Gasteiger partial charge on any atom is 0.173 e. The van der Waals surface area contributed by atoms with E-state index in [0.29, 0.717) is 0 Å². The molecule has 0 bridgehead atoms. The van der Waals surface area contributed by atoms with Crippen LogP contribution in [0.2, 0.25) is 0 Å². The average Bonchev–Trinajstić information content (AvgIpc) is 2.53. The summed E-state index contributed by atoms with van der Waals surface area (Å²) in [6.07, 6.45) is 4.47. The third kappa shape index (κ3) is 2.81. The standard InChI is InChI=1S/C15H23N5O/c1-19-6-8-20(9-7-19)15-12(14(16)18-21)10-11-4-2-3-5-13(11)17-15/h10,21H,2-9H2,1H3,(H2,16,18). The van der Waals surface area contributed by atoms with Crippen molar-refractivity contribution in [3.8, 4) is 0 Å². The Hall–Kier alpha value is -1.82. The van der Waals surface area contributed by atoms with Gasteiger partial charge < -0.3 is 20.7 Å². The van der Waals surface area contributed by atoms with Crippen LogP contribution >= 0.6 is 0 Å². The SMILES string of the molecule is CN1CCN(c2nc3c(cc2C(N)=NO)CCCC3)CC1. The van der Waals surface area contributed by atoms with Crippen LogP contribution in [0.25, 0.3) is 0 Å². The molecule has 114 valence electrons. The van der Waals surface area contributed by atoms with Crippen LogP contribution in [0, 0.1) is 0 Å². The summed E-state index contributed by atoms with van der Waals surface area (Å²) >= 11 is 0. The smallest absolute Gasteiger partial charge is 0.173 e. The first kappa shape index (κ1) is 14.1. The molecule has 6 nitrogen and oxygen atoms in total. The minimum absolute atomic E-state index is 0.157. The van der Waals surface area contributed by atoms with E-state index in [4.69, 9.17) is 15.9 Å². The van der Waals surface area contributed by atoms with Crippen LogP contribution < -0.4 is 10.6 Å². The fraction of sp³-hybridized carbons (Fsp3) is 0.600. The van der Waals surface area contributed by atoms with Gasteiger partial charge in [-0.25, -0.2) is 4.98 Å². The highest BCUT2D eigenvalue weighted by molar-refractivity contribution is 6.01. The van der Waals surface area contributed by atoms with Crippen molar-refractivity contribution in [2.45, 2.75) is 25.7 Å². The number of aromatic nitrogens is 1. The van der Waals surface area contributed by atoms with Crippen molar-refractivity contribution in [3.05, 3.63) is 22.9 Å². The van der Waals surface area contributed by atoms with E-state index >= 15 is 0 Å². The normalized spacial score (nSPS) is 20.4. The van der Waals surface area contributed by atoms with Gasteiger partial charge in [0, 0.05) is 31.9 Å². The first-order valence-electron chi connectivity index (χ1n) is 7.63. The molecule has 21 heavy (non-hydrogen) atoms. The Morgan fingerprint density at radius 2 is 1.95 bits per heavy atom. The lowest BCUT2D eigenvalue weighted by atomic mass is 9.94. The Labute approximate surface area is 125 Å². The third-order valence-corrected chi connectivity index (χ3v) is 4.47. The predicted octanol–water partition coefficient (Wildman–Crippen LogP) is 0.807. The van der Waals surface area contributed by atoms with Crippen molar-refractivity contribution in [3.63, 3.8) is 0 Å². The molecule has 1 aromatic heterocycles. The minimum atomic E-state index is 0.157. The highest BCUT2D eigenvalue weighted by Gasteiger charge is 2.23. The predicted molar refractivity (Wildman–Crippen MR) is 83.1 cm³/mol. The van der Waals surface area contributed by atoms with E-state index in [2.05, 4.69) is 28.1 Å². The lowest BCUT2D eigenvalue weighted by Crippen LogP contribution is -2.45. The van der Waals surface area contributed by atoms with Crippen LogP contribution in [0.15, 0.2) is 11.2 Å². The molecule has 2 aliphatic rings. The Bertz CT molecular complexity index is 549. The molecule has 0 radical (unpaired) electrons. The molecule has 2 heterocycles. The van der Waals surface area contributed by atoms with E-state index in [9.17, 15) is 0 Å². The van der Waals surface area contributed by atoms with Gasteiger partial charge in [-0.05, 0) is 44.4 Å². The summed E-state index contributed by atoms with van der Waals surface area (Å²) in [4.78, 5) is 9.42. The number of rotatable bonds is 2. The number of piperazine rings is 1. The number of hydrogen-bond donors (Lipinski definition) is 2. The summed E-state index contributed by atoms with van der Waals surface area (Å²) in [6.45, 7) is 3.87. The number of nitrogens with two attached hydrogens (primary N) is 1. The monoisotopic (exact) mass is 289 g/mol. The van der Waals surface area contributed by atoms with Gasteiger partial charge in [-0.2, -0.15) is 0 Å². The summed E-state index contributed by atoms with van der Waals surface area (Å²) in [5, 5.41) is 12.3. The van der Waals surface area contributed by atoms with Gasteiger partial charge in [0.1, 0.15) is 5.82 Å². The molecular formula is C15H23N5O. The molecule has 0 amide bonds. The van der Waals surface area contributed by atoms with Crippen LogP contribution in [0.3, 0.4) is 0 Å². The van der Waals surface area contributed by atoms with Crippen LogP contribution in [0.1, 0.15) is 29.7 Å². The fourth-order valence-corrected chi connectivity index (χ4v) is 3.12. The Balaban J connectivity index is 2.00. The first-order chi connectivity index (χ1) is 10.2. The van der Waals surface area contributed by atoms with Crippen molar-refractivity contribution in [1.29, 1.82) is 0 Å². The van der Waals surface area contributed by atoms with Crippen LogP contribution in [0.4, 0.5) is 5.82 Å². The quantitative estimate of drug-likeness (QED) is 0.364. The topological polar surface area (TPSA) is 78.0 Å². The summed E-state index contributed by atoms with van der Waals surface area (Å²) in [6, 6.07) is 2.07. The van der Waals surface area contributed by atoms with Crippen molar-refractivity contribution < 1.29 is 5.21 Å². The molecule has 0 saturated carbocycles. The van der Waals surface area contributed by atoms with E-state index in [1.165, 1.54) is 24.1 Å². The summed E-state index contributed by atoms with van der Waals surface area (Å²) in [7, 11) is 2.13. The Morgan fingerprint density at radius 3 is 2.67 bits per heavy atom. The van der Waals surface area contributed by atoms with Crippen molar-refractivity contribution in [2.75, 3.05) is 38.1 Å². The van der Waals surface area contributed by atoms with Gasteiger partial charge in [0.15, 0.2) is 5.84 Å². The van der Waals surface area contributed by atoms with Gasteiger partial charge in [-0.1, -0.05) is 5.16 Å². The van der Waals surface area contributed by atoms with Gasteiger partial charge in [-0.3, -0.25) is 0 Å². The van der Waals surface area contributed by atoms with E-state index in [1.807, 2.05) is 0 Å². The zero-order valence-electron chi connectivity index (χ0n) is 12.5. The number of nitrogens with zero attached hydrogens (tertiary/aromatic N) is 4. The number of fused-ring (bicyclic) bond motifs is 1. The third-order valence-electron chi connectivity index (χ3n) is 4.47. The van der Waals surface area contributed by atoms with Gasteiger partial charge in [-0.15, -0.1) is 0 Å². The van der Waals surface area contributed by atoms with Gasteiger partial charge >= 0.3 is 0 Å². The van der Waals surface area contributed by atoms with Crippen molar-refractivity contribution in [2.24, 2.45) is 10.9 Å². The average molecular weight is 289 g/mol. The van der Waals surface area contributed by atoms with E-state index < -0.39 is 0 Å². The van der Waals surface area contributed by atoms with E-state index in [-0.39, 0.29) is 5.84 Å². The molecule has 0 unspecified atom stereocenters. The van der Waals surface area contributed by atoms with Crippen molar-refractivity contribution in [1.82, 2.24) is 9.88 Å². The van der Waals surface area contributed by atoms with Gasteiger partial charge in [0.25, 0.3) is 0 Å². The molecule has 1 fully saturated rings. The molecule has 1 aromatic rings. The number of hydrogen-bond acceptors (Lipinski definition) is 5. The summed E-state index contributed by atoms with van der Waals surface area (Å²) < 4.78 is 0. The highest BCUT2D eigenvalue weighted by Crippen LogP contribution is 2.27. The number of pyridine rings is 1. The molecular weight excluding hydrogens is 266 g/mol. The highest BCUT2D eigenvalue weighted by atomic mass is 16.4. The number of likely N-dealkylation sites (N-methyl/N-ethyl adjacent to an activating group) is 1. The molecule has 1 saturated heterocycles. The lowest BCUT2D eigenvalue weighted by molar-refractivity contribution is 0.311. The molecule has 1 aliphatic heterocycles. The summed E-state index contributed by atoms with van der Waals surface area (Å²) in [5.74, 6) is 1.03. The van der Waals surface area contributed by atoms with Crippen molar-refractivity contribution >= 4 is 11.7 Å². The van der Waals surface area contributed by atoms with Crippen LogP contribution in [0.5, 0.6) is 0 Å². The van der Waals surface area contributed by atoms with E-state index in [1.54, 1.807) is 0 Å². The number of aryl methyl sites for hydroxylation is 2. The Kier molecular flexibility index (Phi) is 3.96. The van der Waals surface area contributed by atoms with E-state index in [0.717, 1.165) is 50.4 Å². The fourth-order valence-electron chi connectivity index (χ4n) is 3.12. The molecule has 0 spiro atoms. The molecule has 3 rings (SSSR count). The number of amidine groups is 1. The number of oxime groups is 1. The zero-order valence-corrected chi connectivity index (χ0v) is 12.5. The molecule has 1 aliphatic carbocycles. The Morgan fingerprint density at radius 1 is 1.24 bits per heavy atom. The molecule has 0 aromatic carbocycles. The van der Waals surface area contributed by atoms with Gasteiger partial charge in [0.2, 0.25) is 0 Å². The second kappa shape index (κ2) is 5.89. The lowest BCUT2D eigenvalue weighted by Gasteiger charge is -2.34. The van der Waals surface area contributed by atoms with Crippen LogP contribution in [-0.4, -0.2) is 54.2 Å². The largest absolute Gasteiger partial charge is 0.409 e. The zero-order chi connectivity index (χ0) is 14.8. The number of anilines is 1. The second-order valence-corrected chi connectivity index (χ2v) is 5.95. The maximum absolute atomic E-state index is 9.07. The second-order valence-electron chi connectivity index (χ2n) is 5.95. The summed E-state index contributed by atoms with van der Waals surface area (Å²) in [5.41, 5.74) is 9.09. The maximum atomic E-state index is 9.07. The van der Waals surface area contributed by atoms with Gasteiger partial charge in [0.05, 0.1) is 5.56 Å². The molecule has 0 atom stereocenters. The molecule has 3 N–H and O–H groups in total. The first-order valence-corrected chi connectivity index (χ1v) is 7.63. The van der Waals surface area contributed by atoms with Crippen LogP contribution in [-0.2, 0) is 12.8 Å². The minimum Gasteiger partial charge on any atom is -0.409 e. The molecule has 6 heteroatoms.